The summed E-state index contributed by atoms with van der Waals surface area (Å²) in [5, 5.41) is 23.9. The maximum atomic E-state index is 14.0. The smallest absolute Gasteiger partial charge is 0.338 e. The molecule has 4 bridgehead atoms. The highest BCUT2D eigenvalue weighted by Crippen LogP contribution is 2.76. The summed E-state index contributed by atoms with van der Waals surface area (Å²) in [7, 11) is 0. The zero-order valence-corrected chi connectivity index (χ0v) is 20.4. The van der Waals surface area contributed by atoms with E-state index in [-0.39, 0.29) is 18.0 Å². The molecule has 1 aromatic carbocycles. The largest absolute Gasteiger partial charge is 0.457 e. The van der Waals surface area contributed by atoms with E-state index in [2.05, 4.69) is 6.58 Å². The lowest BCUT2D eigenvalue weighted by Gasteiger charge is -2.72. The van der Waals surface area contributed by atoms with E-state index < -0.39 is 63.7 Å². The third-order valence-electron chi connectivity index (χ3n) is 10.1. The summed E-state index contributed by atoms with van der Waals surface area (Å²) in [6.07, 6.45) is -0.661. The molecule has 2 spiro atoms. The molecule has 2 saturated heterocycles. The van der Waals surface area contributed by atoms with Gasteiger partial charge in [0.2, 0.25) is 5.79 Å². The van der Waals surface area contributed by atoms with Gasteiger partial charge in [0, 0.05) is 18.3 Å². The maximum Gasteiger partial charge on any atom is 0.338 e. The Morgan fingerprint density at radius 3 is 2.54 bits per heavy atom. The van der Waals surface area contributed by atoms with Crippen LogP contribution in [0.3, 0.4) is 0 Å². The molecule has 7 heteroatoms. The van der Waals surface area contributed by atoms with Crippen LogP contribution >= 0.6 is 0 Å². The fourth-order valence-electron chi connectivity index (χ4n) is 8.64. The SMILES string of the molecule is C=C1C(=O)C23[C@H](OC(=O)c4ccc(C)cc4)[C@H]1CC[C@H]2C12CO[C@@]3(O)[C@@H](O)[C@@H]1C(C)(C)CCC2=O. The van der Waals surface area contributed by atoms with Gasteiger partial charge in [-0.1, -0.05) is 38.1 Å². The van der Waals surface area contributed by atoms with Gasteiger partial charge in [-0.3, -0.25) is 9.59 Å². The van der Waals surface area contributed by atoms with Crippen molar-refractivity contribution in [2.24, 2.45) is 34.0 Å². The van der Waals surface area contributed by atoms with Crippen LogP contribution in [0.25, 0.3) is 0 Å². The molecule has 8 atom stereocenters. The molecule has 2 heterocycles. The molecular weight excluding hydrogens is 448 g/mol. The first-order valence-corrected chi connectivity index (χ1v) is 12.5. The topological polar surface area (TPSA) is 110 Å². The zero-order valence-electron chi connectivity index (χ0n) is 20.4. The number of Topliss-reactive ketones (excluding diaryl/α,β-unsaturated/α-hetero) is 2. The third-order valence-corrected chi connectivity index (χ3v) is 10.1. The summed E-state index contributed by atoms with van der Waals surface area (Å²) < 4.78 is 12.0. The molecular formula is C28H32O7. The highest BCUT2D eigenvalue weighted by Gasteiger charge is 2.88. The van der Waals surface area contributed by atoms with Crippen LogP contribution in [-0.4, -0.2) is 52.4 Å². The molecule has 7 nitrogen and oxygen atoms in total. The number of ketones is 2. The number of hydrogen-bond acceptors (Lipinski definition) is 7. The number of carbonyl (C=O) groups is 3. The fourth-order valence-corrected chi connectivity index (χ4v) is 8.64. The first-order chi connectivity index (χ1) is 16.4. The quantitative estimate of drug-likeness (QED) is 0.495. The number of benzene rings is 1. The lowest BCUT2D eigenvalue weighted by atomic mass is 9.36. The monoisotopic (exact) mass is 480 g/mol. The number of aryl methyl sites for hydroxylation is 1. The van der Waals surface area contributed by atoms with Crippen LogP contribution < -0.4 is 0 Å². The molecule has 0 radical (unpaired) electrons. The second-order valence-electron chi connectivity index (χ2n) is 12.0. The molecule has 186 valence electrons. The first kappa shape index (κ1) is 23.1. The van der Waals surface area contributed by atoms with Crippen molar-refractivity contribution in [3.8, 4) is 0 Å². The van der Waals surface area contributed by atoms with Gasteiger partial charge in [-0.15, -0.1) is 0 Å². The minimum absolute atomic E-state index is 0.0422. The summed E-state index contributed by atoms with van der Waals surface area (Å²) in [6.45, 7) is 9.88. The number of aliphatic hydroxyl groups excluding tert-OH is 1. The maximum absolute atomic E-state index is 14.0. The van der Waals surface area contributed by atoms with Gasteiger partial charge >= 0.3 is 5.97 Å². The predicted octanol–water partition coefficient (Wildman–Crippen LogP) is 2.76. The molecule has 2 unspecified atom stereocenters. The molecule has 2 aliphatic heterocycles. The number of ether oxygens (including phenoxy) is 2. The fraction of sp³-hybridized carbons (Fsp3) is 0.607. The summed E-state index contributed by atoms with van der Waals surface area (Å²) in [5.41, 5.74) is -1.78. The summed E-state index contributed by atoms with van der Waals surface area (Å²) >= 11 is 0. The Labute approximate surface area is 204 Å². The number of esters is 1. The number of fused-ring (bicyclic) bond motifs is 2. The van der Waals surface area contributed by atoms with E-state index in [1.807, 2.05) is 20.8 Å². The average Bonchev–Trinajstić information content (AvgIpc) is 2.93. The van der Waals surface area contributed by atoms with Crippen LogP contribution in [0.5, 0.6) is 0 Å². The third kappa shape index (κ3) is 2.45. The van der Waals surface area contributed by atoms with Gasteiger partial charge in [-0.05, 0) is 55.2 Å². The molecule has 4 saturated carbocycles. The van der Waals surface area contributed by atoms with Crippen molar-refractivity contribution >= 4 is 17.5 Å². The zero-order chi connectivity index (χ0) is 25.1. The van der Waals surface area contributed by atoms with Crippen molar-refractivity contribution in [2.75, 3.05) is 6.61 Å². The summed E-state index contributed by atoms with van der Waals surface area (Å²) in [6, 6.07) is 6.91. The Balaban J connectivity index is 1.53. The van der Waals surface area contributed by atoms with Crippen molar-refractivity contribution in [1.29, 1.82) is 0 Å². The predicted molar refractivity (Wildman–Crippen MR) is 124 cm³/mol. The normalized spacial score (nSPS) is 45.2. The molecule has 2 N–H and O–H groups in total. The second kappa shape index (κ2) is 6.90. The molecule has 0 aromatic heterocycles. The van der Waals surface area contributed by atoms with Crippen LogP contribution in [0.2, 0.25) is 0 Å². The van der Waals surface area contributed by atoms with E-state index in [0.717, 1.165) is 5.56 Å². The van der Waals surface area contributed by atoms with Crippen LogP contribution in [0.4, 0.5) is 0 Å². The molecule has 4 aliphatic carbocycles. The number of rotatable bonds is 2. The summed E-state index contributed by atoms with van der Waals surface area (Å²) in [4.78, 5) is 41.0. The van der Waals surface area contributed by atoms with Gasteiger partial charge in [0.1, 0.15) is 23.4 Å². The van der Waals surface area contributed by atoms with Crippen molar-refractivity contribution in [3.63, 3.8) is 0 Å². The van der Waals surface area contributed by atoms with Crippen LogP contribution in [0.15, 0.2) is 36.4 Å². The van der Waals surface area contributed by atoms with Crippen LogP contribution in [-0.2, 0) is 19.1 Å². The molecule has 6 aliphatic rings. The molecule has 0 amide bonds. The molecule has 35 heavy (non-hydrogen) atoms. The lowest BCUT2D eigenvalue weighted by molar-refractivity contribution is -0.436. The van der Waals surface area contributed by atoms with Crippen molar-refractivity contribution in [2.45, 2.75) is 64.4 Å². The standard InChI is InChI=1S/C28H32O7/c1-14-5-7-16(8-6-14)24(32)35-23-17-9-10-18-26-13-34-28(33,27(18,23)21(30)15(17)2)22(31)20(26)25(3,4)12-11-19(26)29/h5-8,17-18,20,22-23,31,33H,2,9-13H2,1,3-4H3/t17-,18-,20+,22-,23+,26?,27?,28-/m0/s1. The Hall–Kier alpha value is -2.35. The van der Waals surface area contributed by atoms with Gasteiger partial charge in [0.25, 0.3) is 0 Å². The number of hydrogen-bond donors (Lipinski definition) is 2. The minimum Gasteiger partial charge on any atom is -0.457 e. The first-order valence-electron chi connectivity index (χ1n) is 12.5. The Kier molecular flexibility index (Phi) is 4.55. The van der Waals surface area contributed by atoms with Crippen LogP contribution in [0.1, 0.15) is 55.5 Å². The Morgan fingerprint density at radius 1 is 1.17 bits per heavy atom. The Morgan fingerprint density at radius 2 is 1.86 bits per heavy atom. The van der Waals surface area contributed by atoms with Gasteiger partial charge in [-0.2, -0.15) is 0 Å². The Bertz CT molecular complexity index is 1170. The van der Waals surface area contributed by atoms with Crippen LogP contribution in [0, 0.1) is 40.9 Å². The number of carbonyl (C=O) groups excluding carboxylic acids is 3. The molecule has 6 fully saturated rings. The van der Waals surface area contributed by atoms with E-state index in [1.165, 1.54) is 0 Å². The van der Waals surface area contributed by atoms with Gasteiger partial charge in [0.15, 0.2) is 5.78 Å². The van der Waals surface area contributed by atoms with Crippen molar-refractivity contribution in [3.05, 3.63) is 47.5 Å². The van der Waals surface area contributed by atoms with Gasteiger partial charge in [-0.25, -0.2) is 4.79 Å². The van der Waals surface area contributed by atoms with E-state index >= 15 is 0 Å². The van der Waals surface area contributed by atoms with Crippen molar-refractivity contribution in [1.82, 2.24) is 0 Å². The highest BCUT2D eigenvalue weighted by atomic mass is 16.6. The van der Waals surface area contributed by atoms with E-state index in [9.17, 15) is 24.6 Å². The highest BCUT2D eigenvalue weighted by molar-refractivity contribution is 6.06. The van der Waals surface area contributed by atoms with Crippen molar-refractivity contribution < 1.29 is 34.1 Å². The average molecular weight is 481 g/mol. The minimum atomic E-state index is -2.29. The van der Waals surface area contributed by atoms with E-state index in [4.69, 9.17) is 9.47 Å². The van der Waals surface area contributed by atoms with E-state index in [1.54, 1.807) is 24.3 Å². The number of aliphatic hydroxyl groups is 2. The van der Waals surface area contributed by atoms with E-state index in [0.29, 0.717) is 31.2 Å². The van der Waals surface area contributed by atoms with Gasteiger partial charge in [0.05, 0.1) is 17.6 Å². The lowest BCUT2D eigenvalue weighted by Crippen LogP contribution is -2.85. The van der Waals surface area contributed by atoms with Gasteiger partial charge < -0.3 is 19.7 Å². The molecule has 7 rings (SSSR count). The molecule has 1 aromatic rings. The second-order valence-corrected chi connectivity index (χ2v) is 12.0. The summed E-state index contributed by atoms with van der Waals surface area (Å²) in [5.74, 6) is -5.10.